The molecule has 4 heteroatoms. The van der Waals surface area contributed by atoms with Gasteiger partial charge in [-0.2, -0.15) is 0 Å². The second-order valence-electron chi connectivity index (χ2n) is 4.73. The minimum Gasteiger partial charge on any atom is -0.382 e. The van der Waals surface area contributed by atoms with Crippen LogP contribution in [0.25, 0.3) is 21.9 Å². The van der Waals surface area contributed by atoms with Gasteiger partial charge in [-0.15, -0.1) is 0 Å². The Kier molecular flexibility index (Phi) is 1.46. The van der Waals surface area contributed by atoms with Gasteiger partial charge in [0.1, 0.15) is 5.52 Å². The lowest BCUT2D eigenvalue weighted by Gasteiger charge is -2.22. The number of imidazole rings is 1. The lowest BCUT2D eigenvalue weighted by Crippen LogP contribution is -2.11. The summed E-state index contributed by atoms with van der Waals surface area (Å²) in [6.45, 7) is 3.20. The molecule has 0 amide bonds. The molecule has 3 heterocycles. The van der Waals surface area contributed by atoms with Gasteiger partial charge in [-0.1, -0.05) is 19.1 Å². The molecular weight excluding hydrogens is 212 g/mol. The molecule has 0 radical (unpaired) electrons. The van der Waals surface area contributed by atoms with Gasteiger partial charge in [-0.05, 0) is 17.5 Å². The lowest BCUT2D eigenvalue weighted by atomic mass is 9.93. The van der Waals surface area contributed by atoms with Crippen LogP contribution in [-0.2, 0) is 6.54 Å². The molecule has 84 valence electrons. The summed E-state index contributed by atoms with van der Waals surface area (Å²) in [6.07, 6.45) is 1.87. The Balaban J connectivity index is 2.38. The minimum absolute atomic E-state index is 0.494. The number of aromatic nitrogens is 3. The van der Waals surface area contributed by atoms with Crippen molar-refractivity contribution in [3.05, 3.63) is 30.1 Å². The number of rotatable bonds is 0. The van der Waals surface area contributed by atoms with Crippen molar-refractivity contribution in [3.63, 3.8) is 0 Å². The van der Waals surface area contributed by atoms with Crippen LogP contribution in [0.1, 0.15) is 18.4 Å². The smallest absolute Gasteiger partial charge is 0.152 e. The average Bonchev–Trinajstić information content (AvgIpc) is 2.73. The molecule has 4 rings (SSSR count). The van der Waals surface area contributed by atoms with Gasteiger partial charge in [-0.25, -0.2) is 9.97 Å². The van der Waals surface area contributed by atoms with Gasteiger partial charge in [-0.3, -0.25) is 0 Å². The van der Waals surface area contributed by atoms with Crippen molar-refractivity contribution < 1.29 is 0 Å². The average molecular weight is 224 g/mol. The number of nitrogens with zero attached hydrogens (tertiary/aromatic N) is 3. The Hall–Kier alpha value is -2.10. The number of nitrogens with two attached hydrogens (primary N) is 1. The van der Waals surface area contributed by atoms with E-state index in [2.05, 4.69) is 33.6 Å². The first kappa shape index (κ1) is 8.98. The van der Waals surface area contributed by atoms with E-state index in [0.29, 0.717) is 11.7 Å². The van der Waals surface area contributed by atoms with Crippen molar-refractivity contribution in [1.82, 2.24) is 14.5 Å². The molecule has 0 fully saturated rings. The van der Waals surface area contributed by atoms with E-state index in [1.807, 2.05) is 12.4 Å². The van der Waals surface area contributed by atoms with E-state index in [1.165, 1.54) is 10.9 Å². The molecule has 1 atom stereocenters. The van der Waals surface area contributed by atoms with E-state index in [4.69, 9.17) is 5.73 Å². The summed E-state index contributed by atoms with van der Waals surface area (Å²) < 4.78 is 2.19. The van der Waals surface area contributed by atoms with E-state index in [1.54, 1.807) is 0 Å². The monoisotopic (exact) mass is 224 g/mol. The van der Waals surface area contributed by atoms with Gasteiger partial charge in [0.25, 0.3) is 0 Å². The van der Waals surface area contributed by atoms with Crippen LogP contribution in [0.2, 0.25) is 0 Å². The summed E-state index contributed by atoms with van der Waals surface area (Å²) in [5.74, 6) is 1.02. The van der Waals surface area contributed by atoms with Gasteiger partial charge in [0.15, 0.2) is 5.82 Å². The molecule has 1 unspecified atom stereocenters. The summed E-state index contributed by atoms with van der Waals surface area (Å²) in [6, 6.07) is 6.25. The Morgan fingerprint density at radius 2 is 2.29 bits per heavy atom. The van der Waals surface area contributed by atoms with Crippen LogP contribution in [0.3, 0.4) is 0 Å². The molecule has 2 N–H and O–H groups in total. The first-order chi connectivity index (χ1) is 8.25. The van der Waals surface area contributed by atoms with E-state index in [9.17, 15) is 0 Å². The number of pyridine rings is 1. The summed E-state index contributed by atoms with van der Waals surface area (Å²) in [5, 5.41) is 1.22. The van der Waals surface area contributed by atoms with Crippen molar-refractivity contribution in [2.45, 2.75) is 19.4 Å². The number of hydrogen-bond donors (Lipinski definition) is 1. The Bertz CT molecular complexity index is 757. The SMILES string of the molecule is CC1Cn2cnc3c(N)nc4cccc1c4c32. The molecule has 0 saturated heterocycles. The molecule has 1 aliphatic rings. The second-order valence-corrected chi connectivity index (χ2v) is 4.73. The molecule has 0 aliphatic carbocycles. The molecule has 0 spiro atoms. The van der Waals surface area contributed by atoms with Gasteiger partial charge < -0.3 is 10.3 Å². The van der Waals surface area contributed by atoms with E-state index < -0.39 is 0 Å². The third-order valence-electron chi connectivity index (χ3n) is 3.63. The summed E-state index contributed by atoms with van der Waals surface area (Å²) in [5.41, 5.74) is 10.3. The van der Waals surface area contributed by atoms with Gasteiger partial charge in [0.2, 0.25) is 0 Å². The van der Waals surface area contributed by atoms with Gasteiger partial charge >= 0.3 is 0 Å². The number of nitrogen functional groups attached to an aromatic ring is 1. The standard InChI is InChI=1S/C13H12N4/c1-7-5-17-6-15-11-12(17)10-8(7)3-2-4-9(10)16-13(11)14/h2-4,6-7H,5H2,1H3,(H2,14,16). The third kappa shape index (κ3) is 0.976. The molecule has 4 nitrogen and oxygen atoms in total. The molecule has 0 bridgehead atoms. The number of anilines is 1. The highest BCUT2D eigenvalue weighted by Crippen LogP contribution is 2.37. The Labute approximate surface area is 98.1 Å². The van der Waals surface area contributed by atoms with Crippen molar-refractivity contribution in [3.8, 4) is 0 Å². The van der Waals surface area contributed by atoms with Crippen molar-refractivity contribution in [2.75, 3.05) is 5.73 Å². The highest BCUT2D eigenvalue weighted by Gasteiger charge is 2.22. The lowest BCUT2D eigenvalue weighted by molar-refractivity contribution is 0.605. The fourth-order valence-corrected chi connectivity index (χ4v) is 2.87. The van der Waals surface area contributed by atoms with E-state index in [-0.39, 0.29) is 0 Å². The predicted molar refractivity (Wildman–Crippen MR) is 67.9 cm³/mol. The van der Waals surface area contributed by atoms with Crippen LogP contribution in [0, 0.1) is 0 Å². The van der Waals surface area contributed by atoms with Gasteiger partial charge in [0.05, 0.1) is 17.4 Å². The molecule has 3 aromatic rings. The fraction of sp³-hybridized carbons (Fsp3) is 0.231. The third-order valence-corrected chi connectivity index (χ3v) is 3.63. The predicted octanol–water partition coefficient (Wildman–Crippen LogP) is 2.28. The zero-order chi connectivity index (χ0) is 11.6. The first-order valence-electron chi connectivity index (χ1n) is 5.78. The fourth-order valence-electron chi connectivity index (χ4n) is 2.87. The maximum Gasteiger partial charge on any atom is 0.152 e. The second kappa shape index (κ2) is 2.77. The molecule has 1 aliphatic heterocycles. The van der Waals surface area contributed by atoms with E-state index in [0.717, 1.165) is 23.1 Å². The first-order valence-corrected chi connectivity index (χ1v) is 5.78. The van der Waals surface area contributed by atoms with Gasteiger partial charge in [0, 0.05) is 11.9 Å². The summed E-state index contributed by atoms with van der Waals surface area (Å²) in [4.78, 5) is 8.83. The number of hydrogen-bond acceptors (Lipinski definition) is 3. The van der Waals surface area contributed by atoms with Crippen molar-refractivity contribution in [1.29, 1.82) is 0 Å². The zero-order valence-electron chi connectivity index (χ0n) is 9.51. The topological polar surface area (TPSA) is 56.7 Å². The molecule has 1 aromatic carbocycles. The van der Waals surface area contributed by atoms with Crippen LogP contribution in [0.4, 0.5) is 5.82 Å². The maximum absolute atomic E-state index is 5.96. The molecule has 17 heavy (non-hydrogen) atoms. The summed E-state index contributed by atoms with van der Waals surface area (Å²) >= 11 is 0. The van der Waals surface area contributed by atoms with Crippen molar-refractivity contribution in [2.24, 2.45) is 0 Å². The maximum atomic E-state index is 5.96. The van der Waals surface area contributed by atoms with Crippen LogP contribution in [-0.4, -0.2) is 14.5 Å². The Morgan fingerprint density at radius 3 is 3.18 bits per heavy atom. The minimum atomic E-state index is 0.494. The molecule has 0 saturated carbocycles. The molecular formula is C13H12N4. The highest BCUT2D eigenvalue weighted by atomic mass is 15.1. The molecule has 2 aromatic heterocycles. The van der Waals surface area contributed by atoms with E-state index >= 15 is 0 Å². The van der Waals surface area contributed by atoms with Crippen LogP contribution in [0.15, 0.2) is 24.5 Å². The van der Waals surface area contributed by atoms with Crippen LogP contribution in [0.5, 0.6) is 0 Å². The zero-order valence-corrected chi connectivity index (χ0v) is 9.51. The Morgan fingerprint density at radius 1 is 1.41 bits per heavy atom. The van der Waals surface area contributed by atoms with Crippen LogP contribution >= 0.6 is 0 Å². The number of benzene rings is 1. The van der Waals surface area contributed by atoms with Crippen molar-refractivity contribution >= 4 is 27.8 Å². The normalized spacial score (nSPS) is 18.3. The van der Waals surface area contributed by atoms with Crippen LogP contribution < -0.4 is 5.73 Å². The highest BCUT2D eigenvalue weighted by molar-refractivity contribution is 6.08. The largest absolute Gasteiger partial charge is 0.382 e. The summed E-state index contributed by atoms with van der Waals surface area (Å²) in [7, 11) is 0. The quantitative estimate of drug-likeness (QED) is 0.637.